The van der Waals surface area contributed by atoms with Crippen LogP contribution < -0.4 is 0 Å². The minimum Gasteiger partial charge on any atom is -0.279 e. The van der Waals surface area contributed by atoms with Crippen LogP contribution in [0.25, 0.3) is 0 Å². The lowest BCUT2D eigenvalue weighted by molar-refractivity contribution is -0.139. The molecule has 0 spiro atoms. The van der Waals surface area contributed by atoms with E-state index >= 15 is 0 Å². The maximum atomic E-state index is 12.6. The van der Waals surface area contributed by atoms with Crippen molar-refractivity contribution in [3.8, 4) is 0 Å². The molecule has 0 amide bonds. The van der Waals surface area contributed by atoms with E-state index in [1.54, 1.807) is 0 Å². The van der Waals surface area contributed by atoms with E-state index in [1.165, 1.54) is 0 Å². The highest BCUT2D eigenvalue weighted by Gasteiger charge is 2.78. The topological polar surface area (TPSA) is 17.1 Å². The Morgan fingerprint density at radius 1 is 1.25 bits per heavy atom. The van der Waals surface area contributed by atoms with E-state index in [-0.39, 0.29) is 0 Å². The summed E-state index contributed by atoms with van der Waals surface area (Å²) in [6.45, 7) is 0. The first-order valence-corrected chi connectivity index (χ1v) is 4.31. The summed E-state index contributed by atoms with van der Waals surface area (Å²) in [5.74, 6) is -3.37. The van der Waals surface area contributed by atoms with E-state index in [2.05, 4.69) is 0 Å². The molecule has 1 nitrogen and oxygen atoms in total. The number of rotatable bonds is 1. The van der Waals surface area contributed by atoms with Crippen LogP contribution in [0.15, 0.2) is 0 Å². The van der Waals surface area contributed by atoms with E-state index in [0.717, 1.165) is 0 Å². The Kier molecular flexibility index (Phi) is 2.33. The molecular weight excluding hydrogens is 256 g/mol. The third-order valence-electron chi connectivity index (χ3n) is 1.73. The van der Waals surface area contributed by atoms with Gasteiger partial charge in [0.05, 0.1) is 0 Å². The molecule has 0 saturated heterocycles. The summed E-state index contributed by atoms with van der Waals surface area (Å²) in [4.78, 5) is 8.51. The fourth-order valence-electron chi connectivity index (χ4n) is 0.904. The summed E-state index contributed by atoms with van der Waals surface area (Å²) in [6.07, 6.45) is -0.934. The molecule has 7 heteroatoms. The standard InChI is InChI=1S/C5H2Cl4F2O/c6-2(12)3(7)1-4(10,11)5(3,8)9/h1H2. The van der Waals surface area contributed by atoms with Gasteiger partial charge in [-0.1, -0.05) is 23.2 Å². The van der Waals surface area contributed by atoms with E-state index in [4.69, 9.17) is 46.4 Å². The van der Waals surface area contributed by atoms with Crippen LogP contribution in [0.5, 0.6) is 0 Å². The first-order chi connectivity index (χ1) is 5.15. The minimum atomic E-state index is -3.37. The molecule has 0 aromatic rings. The van der Waals surface area contributed by atoms with Gasteiger partial charge in [0.15, 0.2) is 4.87 Å². The lowest BCUT2D eigenvalue weighted by Crippen LogP contribution is -2.69. The number of carbonyl (C=O) groups is 1. The highest BCUT2D eigenvalue weighted by molar-refractivity contribution is 6.75. The smallest absolute Gasteiger partial charge is 0.279 e. The van der Waals surface area contributed by atoms with E-state index < -0.39 is 26.8 Å². The van der Waals surface area contributed by atoms with Gasteiger partial charge in [-0.15, -0.1) is 11.6 Å². The molecule has 1 aliphatic rings. The average molecular weight is 258 g/mol. The third kappa shape index (κ3) is 1.07. The maximum Gasteiger partial charge on any atom is 0.285 e. The van der Waals surface area contributed by atoms with Gasteiger partial charge in [-0.05, 0) is 11.6 Å². The van der Waals surface area contributed by atoms with Gasteiger partial charge in [0.1, 0.15) is 0 Å². The van der Waals surface area contributed by atoms with Crippen molar-refractivity contribution in [2.45, 2.75) is 21.6 Å². The van der Waals surface area contributed by atoms with Crippen molar-refractivity contribution in [3.63, 3.8) is 0 Å². The Morgan fingerprint density at radius 3 is 1.75 bits per heavy atom. The quantitative estimate of drug-likeness (QED) is 0.522. The summed E-state index contributed by atoms with van der Waals surface area (Å²) < 4.78 is 22.6. The molecule has 0 aliphatic heterocycles. The predicted molar refractivity (Wildman–Crippen MR) is 43.4 cm³/mol. The molecule has 0 aromatic carbocycles. The largest absolute Gasteiger partial charge is 0.285 e. The highest BCUT2D eigenvalue weighted by Crippen LogP contribution is 2.64. The number of hydrogen-bond donors (Lipinski definition) is 0. The SMILES string of the molecule is O=C(Cl)C1(Cl)CC(F)(F)C1(Cl)Cl. The Morgan fingerprint density at radius 2 is 1.67 bits per heavy atom. The molecule has 1 aliphatic carbocycles. The average Bonchev–Trinajstić information content (AvgIpc) is 1.85. The van der Waals surface area contributed by atoms with Gasteiger partial charge in [-0.2, -0.15) is 0 Å². The predicted octanol–water partition coefficient (Wildman–Crippen LogP) is 2.94. The van der Waals surface area contributed by atoms with Gasteiger partial charge >= 0.3 is 0 Å². The molecular formula is C5H2Cl4F2O. The van der Waals surface area contributed by atoms with Crippen molar-refractivity contribution in [2.75, 3.05) is 0 Å². The van der Waals surface area contributed by atoms with Crippen LogP contribution in [0.2, 0.25) is 0 Å². The normalized spacial score (nSPS) is 37.2. The molecule has 12 heavy (non-hydrogen) atoms. The molecule has 1 saturated carbocycles. The molecule has 70 valence electrons. The number of hydrogen-bond acceptors (Lipinski definition) is 1. The van der Waals surface area contributed by atoms with E-state index in [0.29, 0.717) is 0 Å². The Labute approximate surface area is 86.9 Å². The van der Waals surface area contributed by atoms with E-state index in [1.807, 2.05) is 0 Å². The second-order valence-electron chi connectivity index (χ2n) is 2.53. The van der Waals surface area contributed by atoms with Crippen LogP contribution in [0, 0.1) is 0 Å². The van der Waals surface area contributed by atoms with Crippen molar-refractivity contribution in [1.82, 2.24) is 0 Å². The zero-order valence-electron chi connectivity index (χ0n) is 5.38. The second kappa shape index (κ2) is 2.59. The van der Waals surface area contributed by atoms with Crippen LogP contribution in [0.4, 0.5) is 8.78 Å². The first-order valence-electron chi connectivity index (χ1n) is 2.80. The summed E-state index contributed by atoms with van der Waals surface area (Å²) in [6, 6.07) is 0. The zero-order chi connectivity index (χ0) is 9.78. The second-order valence-corrected chi connectivity index (χ2v) is 4.85. The highest BCUT2D eigenvalue weighted by atomic mass is 35.5. The third-order valence-corrected chi connectivity index (χ3v) is 4.13. The zero-order valence-corrected chi connectivity index (χ0v) is 8.41. The van der Waals surface area contributed by atoms with Gasteiger partial charge in [-0.25, -0.2) is 8.78 Å². The van der Waals surface area contributed by atoms with Crippen molar-refractivity contribution in [1.29, 1.82) is 0 Å². The van der Waals surface area contributed by atoms with Crippen molar-refractivity contribution < 1.29 is 13.6 Å². The minimum absolute atomic E-state index is 0.934. The molecule has 1 unspecified atom stereocenters. The van der Waals surface area contributed by atoms with Crippen LogP contribution in [-0.4, -0.2) is 20.4 Å². The van der Waals surface area contributed by atoms with Crippen molar-refractivity contribution in [2.24, 2.45) is 0 Å². The van der Waals surface area contributed by atoms with Crippen LogP contribution in [0.1, 0.15) is 6.42 Å². The lowest BCUT2D eigenvalue weighted by Gasteiger charge is -2.50. The van der Waals surface area contributed by atoms with Gasteiger partial charge in [0.25, 0.3) is 5.92 Å². The number of alkyl halides is 5. The van der Waals surface area contributed by atoms with Gasteiger partial charge in [0.2, 0.25) is 9.58 Å². The number of halogens is 6. The fraction of sp³-hybridized carbons (Fsp3) is 0.800. The molecule has 0 radical (unpaired) electrons. The molecule has 0 bridgehead atoms. The van der Waals surface area contributed by atoms with Gasteiger partial charge < -0.3 is 0 Å². The summed E-state index contributed by atoms with van der Waals surface area (Å²) >= 11 is 20.7. The molecule has 1 fully saturated rings. The van der Waals surface area contributed by atoms with Crippen molar-refractivity contribution in [3.05, 3.63) is 0 Å². The van der Waals surface area contributed by atoms with Crippen molar-refractivity contribution >= 4 is 51.6 Å². The Balaban J connectivity index is 2.99. The Bertz CT molecular complexity index is 242. The van der Waals surface area contributed by atoms with Gasteiger partial charge in [0, 0.05) is 6.42 Å². The Hall–Kier alpha value is 0.690. The van der Waals surface area contributed by atoms with Crippen LogP contribution in [0.3, 0.4) is 0 Å². The summed E-state index contributed by atoms with van der Waals surface area (Å²) in [7, 11) is 0. The molecule has 0 aromatic heterocycles. The summed E-state index contributed by atoms with van der Waals surface area (Å²) in [5.41, 5.74) is 0. The molecule has 1 rings (SSSR count). The monoisotopic (exact) mass is 256 g/mol. The summed E-state index contributed by atoms with van der Waals surface area (Å²) in [5, 5.41) is -1.17. The lowest BCUT2D eigenvalue weighted by atomic mass is 9.80. The van der Waals surface area contributed by atoms with Crippen LogP contribution >= 0.6 is 46.4 Å². The maximum absolute atomic E-state index is 12.6. The van der Waals surface area contributed by atoms with Gasteiger partial charge in [-0.3, -0.25) is 4.79 Å². The molecule has 0 N–H and O–H groups in total. The fourth-order valence-corrected chi connectivity index (χ4v) is 1.95. The molecule has 1 atom stereocenters. The number of carbonyl (C=O) groups excluding carboxylic acids is 1. The van der Waals surface area contributed by atoms with E-state index in [9.17, 15) is 13.6 Å². The van der Waals surface area contributed by atoms with Crippen LogP contribution in [-0.2, 0) is 4.79 Å². The first kappa shape index (κ1) is 10.8. The molecule has 0 heterocycles.